The Morgan fingerprint density at radius 3 is 2.75 bits per heavy atom. The monoisotopic (exact) mass is 346 g/mol. The quantitative estimate of drug-likeness (QED) is 0.927. The topological polar surface area (TPSA) is 64.2 Å². The zero-order valence-corrected chi connectivity index (χ0v) is 14.5. The molecule has 1 aromatic heterocycles. The fraction of sp³-hybridized carbons (Fsp3) is 0.444. The van der Waals surface area contributed by atoms with Crippen LogP contribution in [0.4, 0.5) is 0 Å². The third kappa shape index (κ3) is 2.72. The van der Waals surface area contributed by atoms with E-state index in [0.29, 0.717) is 12.2 Å². The van der Waals surface area contributed by atoms with E-state index < -0.39 is 0 Å². The molecule has 1 fully saturated rings. The number of carbonyl (C=O) groups is 1. The lowest BCUT2D eigenvalue weighted by Crippen LogP contribution is -2.40. The van der Waals surface area contributed by atoms with Gasteiger partial charge in [0.1, 0.15) is 0 Å². The molecule has 0 spiro atoms. The Balaban J connectivity index is 0.00000169. The zero-order valence-electron chi connectivity index (χ0n) is 13.6. The lowest BCUT2D eigenvalue weighted by atomic mass is 10.1. The SMILES string of the molecule is Cl.NCC1CCCN1C(=O)c1nn(-c2ccccc2)c2c1CCC2. The maximum Gasteiger partial charge on any atom is 0.274 e. The van der Waals surface area contributed by atoms with Crippen LogP contribution in [-0.4, -0.2) is 39.7 Å². The molecule has 1 aliphatic heterocycles. The molecule has 0 radical (unpaired) electrons. The van der Waals surface area contributed by atoms with Crippen LogP contribution in [0.2, 0.25) is 0 Å². The van der Waals surface area contributed by atoms with Crippen LogP contribution in [0.3, 0.4) is 0 Å². The number of likely N-dealkylation sites (tertiary alicyclic amines) is 1. The Kier molecular flexibility index (Phi) is 4.92. The van der Waals surface area contributed by atoms with Crippen LogP contribution in [0.5, 0.6) is 0 Å². The molecule has 6 heteroatoms. The number of hydrogen-bond donors (Lipinski definition) is 1. The summed E-state index contributed by atoms with van der Waals surface area (Å²) in [4.78, 5) is 14.9. The fourth-order valence-electron chi connectivity index (χ4n) is 3.88. The first-order chi connectivity index (χ1) is 11.3. The molecule has 1 saturated heterocycles. The Morgan fingerprint density at radius 1 is 1.21 bits per heavy atom. The van der Waals surface area contributed by atoms with Gasteiger partial charge in [-0.25, -0.2) is 4.68 Å². The summed E-state index contributed by atoms with van der Waals surface area (Å²) in [6.45, 7) is 1.33. The number of benzene rings is 1. The van der Waals surface area contributed by atoms with E-state index in [-0.39, 0.29) is 24.4 Å². The summed E-state index contributed by atoms with van der Waals surface area (Å²) in [5, 5.41) is 4.70. The molecular weight excluding hydrogens is 324 g/mol. The summed E-state index contributed by atoms with van der Waals surface area (Å²) >= 11 is 0. The van der Waals surface area contributed by atoms with Gasteiger partial charge in [0, 0.05) is 30.4 Å². The van der Waals surface area contributed by atoms with Crippen molar-refractivity contribution < 1.29 is 4.79 Å². The van der Waals surface area contributed by atoms with E-state index in [9.17, 15) is 4.79 Å². The molecular formula is C18H23ClN4O. The second-order valence-electron chi connectivity index (χ2n) is 6.41. The standard InChI is InChI=1S/C18H22N4O.ClH/c19-12-14-8-5-11-21(14)18(23)17-15-9-4-10-16(15)22(20-17)13-6-2-1-3-7-13;/h1-3,6-7,14H,4-5,8-12,19H2;1H. The zero-order chi connectivity index (χ0) is 15.8. The van der Waals surface area contributed by atoms with Gasteiger partial charge in [-0.1, -0.05) is 18.2 Å². The molecule has 5 nitrogen and oxygen atoms in total. The predicted molar refractivity (Wildman–Crippen MR) is 95.9 cm³/mol. The van der Waals surface area contributed by atoms with Crippen LogP contribution in [0.15, 0.2) is 30.3 Å². The second-order valence-corrected chi connectivity index (χ2v) is 6.41. The molecule has 2 N–H and O–H groups in total. The van der Waals surface area contributed by atoms with Crippen molar-refractivity contribution >= 4 is 18.3 Å². The molecule has 1 amide bonds. The van der Waals surface area contributed by atoms with E-state index in [1.807, 2.05) is 39.9 Å². The average Bonchev–Trinajstić information content (AvgIpc) is 3.30. The van der Waals surface area contributed by atoms with Gasteiger partial charge in [-0.05, 0) is 44.2 Å². The van der Waals surface area contributed by atoms with E-state index in [1.54, 1.807) is 0 Å². The molecule has 1 aromatic carbocycles. The van der Waals surface area contributed by atoms with Crippen LogP contribution < -0.4 is 5.73 Å². The first-order valence-corrected chi connectivity index (χ1v) is 8.47. The summed E-state index contributed by atoms with van der Waals surface area (Å²) < 4.78 is 1.96. The lowest BCUT2D eigenvalue weighted by Gasteiger charge is -2.22. The minimum Gasteiger partial charge on any atom is -0.333 e. The smallest absolute Gasteiger partial charge is 0.274 e. The van der Waals surface area contributed by atoms with Gasteiger partial charge in [0.2, 0.25) is 0 Å². The van der Waals surface area contributed by atoms with Crippen molar-refractivity contribution in [3.8, 4) is 5.69 Å². The van der Waals surface area contributed by atoms with Gasteiger partial charge in [-0.15, -0.1) is 12.4 Å². The van der Waals surface area contributed by atoms with Gasteiger partial charge < -0.3 is 10.6 Å². The normalized spacial score (nSPS) is 19.2. The summed E-state index contributed by atoms with van der Waals surface area (Å²) in [5.41, 5.74) is 9.84. The van der Waals surface area contributed by atoms with Gasteiger partial charge >= 0.3 is 0 Å². The van der Waals surface area contributed by atoms with Crippen molar-refractivity contribution in [1.29, 1.82) is 0 Å². The van der Waals surface area contributed by atoms with Gasteiger partial charge in [0.15, 0.2) is 5.69 Å². The summed E-state index contributed by atoms with van der Waals surface area (Å²) in [6.07, 6.45) is 5.08. The molecule has 2 aromatic rings. The van der Waals surface area contributed by atoms with Gasteiger partial charge in [-0.3, -0.25) is 4.79 Å². The Labute approximate surface area is 148 Å². The summed E-state index contributed by atoms with van der Waals surface area (Å²) in [5.74, 6) is 0.0609. The predicted octanol–water partition coefficient (Wildman–Crippen LogP) is 2.35. The van der Waals surface area contributed by atoms with Crippen molar-refractivity contribution in [3.05, 3.63) is 47.3 Å². The van der Waals surface area contributed by atoms with Crippen molar-refractivity contribution in [2.45, 2.75) is 38.1 Å². The number of aromatic nitrogens is 2. The Morgan fingerprint density at radius 2 is 2.00 bits per heavy atom. The van der Waals surface area contributed by atoms with Crippen molar-refractivity contribution in [2.24, 2.45) is 5.73 Å². The number of fused-ring (bicyclic) bond motifs is 1. The van der Waals surface area contributed by atoms with Gasteiger partial charge in [0.25, 0.3) is 5.91 Å². The first kappa shape index (κ1) is 17.0. The van der Waals surface area contributed by atoms with Crippen molar-refractivity contribution in [3.63, 3.8) is 0 Å². The van der Waals surface area contributed by atoms with Gasteiger partial charge in [0.05, 0.1) is 5.69 Å². The second kappa shape index (κ2) is 6.95. The maximum absolute atomic E-state index is 13.0. The van der Waals surface area contributed by atoms with E-state index in [1.165, 1.54) is 5.69 Å². The molecule has 1 aliphatic carbocycles. The Bertz CT molecular complexity index is 728. The largest absolute Gasteiger partial charge is 0.333 e. The highest BCUT2D eigenvalue weighted by Crippen LogP contribution is 2.30. The summed E-state index contributed by atoms with van der Waals surface area (Å²) in [6, 6.07) is 10.3. The van der Waals surface area contributed by atoms with Crippen LogP contribution in [0.1, 0.15) is 41.0 Å². The number of halogens is 1. The molecule has 0 bridgehead atoms. The highest BCUT2D eigenvalue weighted by Gasteiger charge is 2.34. The number of rotatable bonds is 3. The number of amides is 1. The third-order valence-electron chi connectivity index (χ3n) is 5.04. The molecule has 128 valence electrons. The molecule has 0 saturated carbocycles. The fourth-order valence-corrected chi connectivity index (χ4v) is 3.88. The van der Waals surface area contributed by atoms with E-state index in [2.05, 4.69) is 0 Å². The minimum absolute atomic E-state index is 0. The number of nitrogens with two attached hydrogens (primary N) is 1. The van der Waals surface area contributed by atoms with E-state index in [4.69, 9.17) is 10.8 Å². The molecule has 1 unspecified atom stereocenters. The van der Waals surface area contributed by atoms with Crippen molar-refractivity contribution in [1.82, 2.24) is 14.7 Å². The first-order valence-electron chi connectivity index (χ1n) is 8.47. The van der Waals surface area contributed by atoms with E-state index in [0.717, 1.165) is 49.9 Å². The van der Waals surface area contributed by atoms with Crippen LogP contribution in [0.25, 0.3) is 5.69 Å². The lowest BCUT2D eigenvalue weighted by molar-refractivity contribution is 0.0733. The maximum atomic E-state index is 13.0. The summed E-state index contributed by atoms with van der Waals surface area (Å²) in [7, 11) is 0. The average molecular weight is 347 g/mol. The van der Waals surface area contributed by atoms with E-state index >= 15 is 0 Å². The third-order valence-corrected chi connectivity index (χ3v) is 5.04. The molecule has 1 atom stereocenters. The van der Waals surface area contributed by atoms with Crippen LogP contribution in [-0.2, 0) is 12.8 Å². The Hall–Kier alpha value is -1.85. The molecule has 2 heterocycles. The number of nitrogens with zero attached hydrogens (tertiary/aromatic N) is 3. The molecule has 4 rings (SSSR count). The van der Waals surface area contributed by atoms with Crippen LogP contribution in [0, 0.1) is 0 Å². The highest BCUT2D eigenvalue weighted by atomic mass is 35.5. The molecule has 24 heavy (non-hydrogen) atoms. The van der Waals surface area contributed by atoms with Crippen LogP contribution >= 0.6 is 12.4 Å². The minimum atomic E-state index is 0. The number of hydrogen-bond acceptors (Lipinski definition) is 3. The molecule has 2 aliphatic rings. The van der Waals surface area contributed by atoms with Gasteiger partial charge in [-0.2, -0.15) is 5.10 Å². The van der Waals surface area contributed by atoms with Crippen molar-refractivity contribution in [2.75, 3.05) is 13.1 Å². The number of carbonyl (C=O) groups excluding carboxylic acids is 1. The highest BCUT2D eigenvalue weighted by molar-refractivity contribution is 5.94. The number of para-hydroxylation sites is 1.